The summed E-state index contributed by atoms with van der Waals surface area (Å²) in [6, 6.07) is 7.89. The van der Waals surface area contributed by atoms with E-state index in [9.17, 15) is 4.79 Å². The molecule has 0 atom stereocenters. The molecule has 1 saturated heterocycles. The Labute approximate surface area is 118 Å². The van der Waals surface area contributed by atoms with Crippen LogP contribution in [0.4, 0.5) is 0 Å². The number of carbonyl (C=O) groups is 1. The summed E-state index contributed by atoms with van der Waals surface area (Å²) < 4.78 is 0. The van der Waals surface area contributed by atoms with Crippen LogP contribution in [-0.4, -0.2) is 30.5 Å². The number of hydrogen-bond donors (Lipinski definition) is 3. The van der Waals surface area contributed by atoms with E-state index in [1.165, 1.54) is 0 Å². The van der Waals surface area contributed by atoms with Gasteiger partial charge in [0.25, 0.3) is 5.91 Å². The maximum atomic E-state index is 12.4. The van der Waals surface area contributed by atoms with Gasteiger partial charge >= 0.3 is 0 Å². The zero-order valence-corrected chi connectivity index (χ0v) is 11.8. The number of nitrogens with one attached hydrogen (secondary N) is 3. The zero-order chi connectivity index (χ0) is 14.0. The molecule has 3 N–H and O–H groups in total. The van der Waals surface area contributed by atoms with E-state index in [0.29, 0.717) is 0 Å². The number of rotatable bonds is 3. The van der Waals surface area contributed by atoms with Crippen molar-refractivity contribution in [3.63, 3.8) is 0 Å². The molecule has 0 unspecified atom stereocenters. The summed E-state index contributed by atoms with van der Waals surface area (Å²) in [7, 11) is 0. The lowest BCUT2D eigenvalue weighted by Gasteiger charge is -2.34. The average Bonchev–Trinajstić information content (AvgIpc) is 2.90. The molecule has 4 heteroatoms. The lowest BCUT2D eigenvalue weighted by atomic mass is 9.81. The van der Waals surface area contributed by atoms with Gasteiger partial charge in [0.05, 0.1) is 5.56 Å². The van der Waals surface area contributed by atoms with Crippen LogP contribution in [0.1, 0.15) is 30.1 Å². The quantitative estimate of drug-likeness (QED) is 0.802. The van der Waals surface area contributed by atoms with Crippen molar-refractivity contribution in [1.29, 1.82) is 0 Å². The van der Waals surface area contributed by atoms with Crippen LogP contribution in [0.15, 0.2) is 30.5 Å². The third-order valence-electron chi connectivity index (χ3n) is 4.32. The van der Waals surface area contributed by atoms with Gasteiger partial charge in [-0.15, -0.1) is 0 Å². The number of piperidine rings is 1. The van der Waals surface area contributed by atoms with Crippen LogP contribution in [0.2, 0.25) is 0 Å². The largest absolute Gasteiger partial charge is 0.360 e. The number of amides is 1. The van der Waals surface area contributed by atoms with E-state index in [4.69, 9.17) is 0 Å². The minimum Gasteiger partial charge on any atom is -0.360 e. The van der Waals surface area contributed by atoms with Crippen molar-refractivity contribution in [1.82, 2.24) is 15.6 Å². The molecule has 3 rings (SSSR count). The molecule has 1 aliphatic heterocycles. The standard InChI is InChI=1S/C16H21N3O/c1-16(6-8-17-9-7-16)11-19-15(20)13-10-18-14-5-3-2-4-12(13)14/h2-5,10,17-18H,6-9,11H2,1H3,(H,19,20). The Bertz CT molecular complexity index is 611. The molecule has 1 aromatic carbocycles. The molecule has 0 bridgehead atoms. The van der Waals surface area contributed by atoms with Gasteiger partial charge in [-0.25, -0.2) is 0 Å². The molecule has 1 fully saturated rings. The van der Waals surface area contributed by atoms with Crippen LogP contribution >= 0.6 is 0 Å². The van der Waals surface area contributed by atoms with Gasteiger partial charge in [0.2, 0.25) is 0 Å². The predicted octanol–water partition coefficient (Wildman–Crippen LogP) is 2.29. The Morgan fingerprint density at radius 3 is 2.85 bits per heavy atom. The van der Waals surface area contributed by atoms with E-state index >= 15 is 0 Å². The molecule has 1 aliphatic rings. The number of aromatic nitrogens is 1. The normalized spacial score (nSPS) is 18.1. The first kappa shape index (κ1) is 13.2. The van der Waals surface area contributed by atoms with Crippen molar-refractivity contribution in [3.05, 3.63) is 36.0 Å². The van der Waals surface area contributed by atoms with Crippen LogP contribution in [0.25, 0.3) is 10.9 Å². The second-order valence-corrected chi connectivity index (χ2v) is 5.99. The fraction of sp³-hybridized carbons (Fsp3) is 0.438. The molecule has 0 aliphatic carbocycles. The summed E-state index contributed by atoms with van der Waals surface area (Å²) in [5, 5.41) is 7.45. The first-order valence-electron chi connectivity index (χ1n) is 7.23. The van der Waals surface area contributed by atoms with Crippen LogP contribution < -0.4 is 10.6 Å². The molecule has 106 valence electrons. The van der Waals surface area contributed by atoms with Crippen molar-refractivity contribution in [3.8, 4) is 0 Å². The monoisotopic (exact) mass is 271 g/mol. The topological polar surface area (TPSA) is 56.9 Å². The Morgan fingerprint density at radius 2 is 2.05 bits per heavy atom. The van der Waals surface area contributed by atoms with Gasteiger partial charge in [0, 0.05) is 23.6 Å². The van der Waals surface area contributed by atoms with Gasteiger partial charge < -0.3 is 15.6 Å². The molecule has 1 amide bonds. The highest BCUT2D eigenvalue weighted by atomic mass is 16.1. The molecular formula is C16H21N3O. The molecule has 0 spiro atoms. The van der Waals surface area contributed by atoms with Gasteiger partial charge in [0.15, 0.2) is 0 Å². The maximum Gasteiger partial charge on any atom is 0.253 e. The van der Waals surface area contributed by atoms with Gasteiger partial charge in [-0.1, -0.05) is 25.1 Å². The van der Waals surface area contributed by atoms with E-state index in [1.54, 1.807) is 6.20 Å². The van der Waals surface area contributed by atoms with Crippen molar-refractivity contribution in [2.75, 3.05) is 19.6 Å². The zero-order valence-electron chi connectivity index (χ0n) is 11.8. The number of carbonyl (C=O) groups excluding carboxylic acids is 1. The van der Waals surface area contributed by atoms with Gasteiger partial charge in [-0.2, -0.15) is 0 Å². The summed E-state index contributed by atoms with van der Waals surface area (Å²) in [5.74, 6) is 0.0159. The molecule has 0 saturated carbocycles. The van der Waals surface area contributed by atoms with Crippen LogP contribution in [0, 0.1) is 5.41 Å². The van der Waals surface area contributed by atoms with Crippen LogP contribution in [-0.2, 0) is 0 Å². The third kappa shape index (κ3) is 2.56. The summed E-state index contributed by atoms with van der Waals surface area (Å²) in [5.41, 5.74) is 1.95. The van der Waals surface area contributed by atoms with Crippen molar-refractivity contribution < 1.29 is 4.79 Å². The Hall–Kier alpha value is -1.81. The van der Waals surface area contributed by atoms with E-state index in [0.717, 1.165) is 48.9 Å². The summed E-state index contributed by atoms with van der Waals surface area (Å²) in [6.45, 7) is 5.08. The Kier molecular flexibility index (Phi) is 3.49. The number of para-hydroxylation sites is 1. The second kappa shape index (κ2) is 5.29. The van der Waals surface area contributed by atoms with Gasteiger partial charge in [-0.3, -0.25) is 4.79 Å². The highest BCUT2D eigenvalue weighted by Gasteiger charge is 2.27. The van der Waals surface area contributed by atoms with E-state index in [2.05, 4.69) is 22.5 Å². The Morgan fingerprint density at radius 1 is 1.30 bits per heavy atom. The van der Waals surface area contributed by atoms with Crippen molar-refractivity contribution in [2.45, 2.75) is 19.8 Å². The SMILES string of the molecule is CC1(CNC(=O)c2c[nH]c3ccccc23)CCNCC1. The number of fused-ring (bicyclic) bond motifs is 1. The highest BCUT2D eigenvalue weighted by molar-refractivity contribution is 6.06. The average molecular weight is 271 g/mol. The smallest absolute Gasteiger partial charge is 0.253 e. The summed E-state index contributed by atoms with van der Waals surface area (Å²) in [4.78, 5) is 15.5. The molecule has 4 nitrogen and oxygen atoms in total. The molecule has 2 heterocycles. The van der Waals surface area contributed by atoms with Crippen molar-refractivity contribution >= 4 is 16.8 Å². The minimum atomic E-state index is 0.0159. The van der Waals surface area contributed by atoms with E-state index in [1.807, 2.05) is 24.3 Å². The fourth-order valence-electron chi connectivity index (χ4n) is 2.86. The summed E-state index contributed by atoms with van der Waals surface area (Å²) >= 11 is 0. The fourth-order valence-corrected chi connectivity index (χ4v) is 2.86. The number of hydrogen-bond acceptors (Lipinski definition) is 2. The second-order valence-electron chi connectivity index (χ2n) is 5.99. The van der Waals surface area contributed by atoms with Crippen molar-refractivity contribution in [2.24, 2.45) is 5.41 Å². The minimum absolute atomic E-state index is 0.0159. The lowest BCUT2D eigenvalue weighted by molar-refractivity contribution is 0.0924. The first-order chi connectivity index (χ1) is 9.68. The summed E-state index contributed by atoms with van der Waals surface area (Å²) in [6.07, 6.45) is 4.02. The number of aromatic amines is 1. The number of benzene rings is 1. The molecule has 20 heavy (non-hydrogen) atoms. The van der Waals surface area contributed by atoms with Crippen LogP contribution in [0.5, 0.6) is 0 Å². The molecule has 2 aromatic rings. The third-order valence-corrected chi connectivity index (χ3v) is 4.32. The maximum absolute atomic E-state index is 12.4. The molecular weight excluding hydrogens is 250 g/mol. The first-order valence-corrected chi connectivity index (χ1v) is 7.23. The molecule has 1 aromatic heterocycles. The van der Waals surface area contributed by atoms with Crippen LogP contribution in [0.3, 0.4) is 0 Å². The van der Waals surface area contributed by atoms with Gasteiger partial charge in [-0.05, 0) is 37.4 Å². The highest BCUT2D eigenvalue weighted by Crippen LogP contribution is 2.27. The van der Waals surface area contributed by atoms with Gasteiger partial charge in [0.1, 0.15) is 0 Å². The lowest BCUT2D eigenvalue weighted by Crippen LogP contribution is -2.42. The Balaban J connectivity index is 1.70. The number of H-pyrrole nitrogens is 1. The predicted molar refractivity (Wildman–Crippen MR) is 80.8 cm³/mol. The van der Waals surface area contributed by atoms with E-state index in [-0.39, 0.29) is 11.3 Å². The molecule has 0 radical (unpaired) electrons. The van der Waals surface area contributed by atoms with E-state index < -0.39 is 0 Å².